The van der Waals surface area contributed by atoms with Gasteiger partial charge in [0.1, 0.15) is 12.4 Å². The molecule has 1 aliphatic heterocycles. The van der Waals surface area contributed by atoms with Crippen LogP contribution in [0.5, 0.6) is 11.5 Å². The number of nitrogens with one attached hydrogen (secondary N) is 1. The maximum absolute atomic E-state index is 13.4. The van der Waals surface area contributed by atoms with Crippen molar-refractivity contribution in [3.63, 3.8) is 0 Å². The molecule has 4 aromatic carbocycles. The SMILES string of the molecule is COc1cc(/C=C2/SC(=S)N(c3cccc(C(=O)Nc4ccc(F)cc4)c3)C2=O)cc(Br)c1OCc1ccccc1. The quantitative estimate of drug-likeness (QED) is 0.155. The lowest BCUT2D eigenvalue weighted by Crippen LogP contribution is -2.27. The normalized spacial score (nSPS) is 13.9. The number of carbonyl (C=O) groups excluding carboxylic acids is 2. The predicted molar refractivity (Wildman–Crippen MR) is 168 cm³/mol. The number of methoxy groups -OCH3 is 1. The van der Waals surface area contributed by atoms with E-state index in [1.54, 1.807) is 43.5 Å². The van der Waals surface area contributed by atoms with Gasteiger partial charge in [-0.25, -0.2) is 4.39 Å². The van der Waals surface area contributed by atoms with Crippen LogP contribution in [0, 0.1) is 5.82 Å². The van der Waals surface area contributed by atoms with Crippen molar-refractivity contribution < 1.29 is 23.5 Å². The van der Waals surface area contributed by atoms with E-state index in [1.807, 2.05) is 36.4 Å². The maximum Gasteiger partial charge on any atom is 0.270 e. The minimum absolute atomic E-state index is 0.310. The van der Waals surface area contributed by atoms with Gasteiger partial charge in [0, 0.05) is 11.3 Å². The van der Waals surface area contributed by atoms with Gasteiger partial charge in [-0.2, -0.15) is 0 Å². The summed E-state index contributed by atoms with van der Waals surface area (Å²) in [7, 11) is 1.56. The number of thioether (sulfide) groups is 1. The van der Waals surface area contributed by atoms with Gasteiger partial charge in [0.05, 0.1) is 22.2 Å². The Kier molecular flexibility index (Phi) is 8.82. The molecule has 4 aromatic rings. The fraction of sp³-hybridized carbons (Fsp3) is 0.0645. The second-order valence-corrected chi connectivity index (χ2v) is 11.4. The Labute approximate surface area is 254 Å². The molecule has 1 aliphatic rings. The first kappa shape index (κ1) is 28.5. The lowest BCUT2D eigenvalue weighted by molar-refractivity contribution is -0.113. The number of benzene rings is 4. The summed E-state index contributed by atoms with van der Waals surface area (Å²) >= 11 is 10.3. The summed E-state index contributed by atoms with van der Waals surface area (Å²) in [6.45, 7) is 0.370. The largest absolute Gasteiger partial charge is 0.493 e. The zero-order chi connectivity index (χ0) is 28.9. The fourth-order valence-corrected chi connectivity index (χ4v) is 5.93. The maximum atomic E-state index is 13.4. The molecule has 1 heterocycles. The zero-order valence-electron chi connectivity index (χ0n) is 21.6. The number of hydrogen-bond donors (Lipinski definition) is 1. The monoisotopic (exact) mass is 648 g/mol. The van der Waals surface area contributed by atoms with Gasteiger partial charge < -0.3 is 14.8 Å². The molecule has 6 nitrogen and oxygen atoms in total. The molecule has 5 rings (SSSR count). The Morgan fingerprint density at radius 2 is 1.80 bits per heavy atom. The van der Waals surface area contributed by atoms with Crippen LogP contribution >= 0.6 is 39.9 Å². The summed E-state index contributed by atoms with van der Waals surface area (Å²) in [4.78, 5) is 28.0. The van der Waals surface area contributed by atoms with E-state index in [1.165, 1.54) is 40.9 Å². The summed E-state index contributed by atoms with van der Waals surface area (Å²) in [6, 6.07) is 25.5. The molecule has 0 atom stereocenters. The standard InChI is InChI=1S/C31H22BrFN2O4S2/c1-38-26-15-20(14-25(32)28(26)39-18-19-6-3-2-4-7-19)16-27-30(37)35(31(40)41-27)24-9-5-8-21(17-24)29(36)34-23-12-10-22(33)11-13-23/h2-17H,18H2,1H3,(H,34,36)/b27-16+. The molecule has 0 spiro atoms. The van der Waals surface area contributed by atoms with E-state index < -0.39 is 11.7 Å². The van der Waals surface area contributed by atoms with E-state index in [0.717, 1.165) is 5.56 Å². The van der Waals surface area contributed by atoms with Crippen molar-refractivity contribution >= 4 is 73.5 Å². The van der Waals surface area contributed by atoms with Gasteiger partial charge in [0.2, 0.25) is 0 Å². The Balaban J connectivity index is 1.34. The van der Waals surface area contributed by atoms with Crippen LogP contribution in [0.2, 0.25) is 0 Å². The van der Waals surface area contributed by atoms with Crippen LogP contribution in [0.25, 0.3) is 6.08 Å². The molecule has 0 bridgehead atoms. The Hall–Kier alpha value is -3.99. The number of thiocarbonyl (C=S) groups is 1. The van der Waals surface area contributed by atoms with Gasteiger partial charge in [-0.1, -0.05) is 60.4 Å². The van der Waals surface area contributed by atoms with Gasteiger partial charge in [-0.3, -0.25) is 14.5 Å². The van der Waals surface area contributed by atoms with Crippen molar-refractivity contribution in [3.8, 4) is 11.5 Å². The van der Waals surface area contributed by atoms with E-state index in [9.17, 15) is 14.0 Å². The number of nitrogens with zero attached hydrogens (tertiary/aromatic N) is 1. The highest BCUT2D eigenvalue weighted by molar-refractivity contribution is 9.10. The highest BCUT2D eigenvalue weighted by Gasteiger charge is 2.33. The van der Waals surface area contributed by atoms with E-state index in [2.05, 4.69) is 21.2 Å². The number of halogens is 2. The van der Waals surface area contributed by atoms with Gasteiger partial charge >= 0.3 is 0 Å². The average molecular weight is 650 g/mol. The van der Waals surface area contributed by atoms with Gasteiger partial charge in [0.15, 0.2) is 15.8 Å². The van der Waals surface area contributed by atoms with Crippen LogP contribution in [0.4, 0.5) is 15.8 Å². The van der Waals surface area contributed by atoms with Crippen molar-refractivity contribution in [1.29, 1.82) is 0 Å². The van der Waals surface area contributed by atoms with E-state index in [-0.39, 0.29) is 5.91 Å². The van der Waals surface area contributed by atoms with Crippen LogP contribution in [-0.4, -0.2) is 23.2 Å². The van der Waals surface area contributed by atoms with Gasteiger partial charge in [0.25, 0.3) is 11.8 Å². The molecular formula is C31H22BrFN2O4S2. The smallest absolute Gasteiger partial charge is 0.270 e. The van der Waals surface area contributed by atoms with Crippen molar-refractivity contribution in [2.75, 3.05) is 17.3 Å². The van der Waals surface area contributed by atoms with Crippen molar-refractivity contribution in [3.05, 3.63) is 123 Å². The first-order valence-electron chi connectivity index (χ1n) is 12.3. The first-order valence-corrected chi connectivity index (χ1v) is 14.3. The third kappa shape index (κ3) is 6.67. The zero-order valence-corrected chi connectivity index (χ0v) is 24.8. The highest BCUT2D eigenvalue weighted by atomic mass is 79.9. The van der Waals surface area contributed by atoms with Crippen LogP contribution in [0.3, 0.4) is 0 Å². The van der Waals surface area contributed by atoms with E-state index in [0.29, 0.717) is 54.3 Å². The van der Waals surface area contributed by atoms with Crippen molar-refractivity contribution in [1.82, 2.24) is 0 Å². The third-order valence-electron chi connectivity index (χ3n) is 6.04. The highest BCUT2D eigenvalue weighted by Crippen LogP contribution is 2.40. The fourth-order valence-electron chi connectivity index (χ4n) is 4.06. The van der Waals surface area contributed by atoms with Crippen molar-refractivity contribution in [2.45, 2.75) is 6.61 Å². The summed E-state index contributed by atoms with van der Waals surface area (Å²) in [5.41, 5.74) is 2.98. The number of amides is 2. The lowest BCUT2D eigenvalue weighted by atomic mass is 10.1. The molecule has 0 saturated carbocycles. The molecule has 1 fully saturated rings. The van der Waals surface area contributed by atoms with Gasteiger partial charge in [-0.05, 0) is 87.7 Å². The Morgan fingerprint density at radius 1 is 1.05 bits per heavy atom. The lowest BCUT2D eigenvalue weighted by Gasteiger charge is -2.16. The topological polar surface area (TPSA) is 67.9 Å². The molecule has 2 amide bonds. The molecule has 1 N–H and O–H groups in total. The Morgan fingerprint density at radius 3 is 2.54 bits per heavy atom. The van der Waals surface area contributed by atoms with Crippen LogP contribution in [-0.2, 0) is 11.4 Å². The number of anilines is 2. The second-order valence-electron chi connectivity index (χ2n) is 8.84. The molecule has 0 aliphatic carbocycles. The third-order valence-corrected chi connectivity index (χ3v) is 7.93. The van der Waals surface area contributed by atoms with Crippen LogP contribution in [0.15, 0.2) is 100 Å². The first-order chi connectivity index (χ1) is 19.8. The van der Waals surface area contributed by atoms with Crippen LogP contribution in [0.1, 0.15) is 21.5 Å². The number of ether oxygens (including phenoxy) is 2. The number of carbonyl (C=O) groups is 2. The molecular weight excluding hydrogens is 627 g/mol. The summed E-state index contributed by atoms with van der Waals surface area (Å²) in [5.74, 6) is -0.0409. The van der Waals surface area contributed by atoms with E-state index >= 15 is 0 Å². The second kappa shape index (κ2) is 12.7. The summed E-state index contributed by atoms with van der Waals surface area (Å²) < 4.78 is 25.8. The molecule has 10 heteroatoms. The molecule has 0 aromatic heterocycles. The minimum Gasteiger partial charge on any atom is -0.493 e. The molecule has 41 heavy (non-hydrogen) atoms. The Bertz CT molecular complexity index is 1660. The summed E-state index contributed by atoms with van der Waals surface area (Å²) in [6.07, 6.45) is 1.73. The summed E-state index contributed by atoms with van der Waals surface area (Å²) in [5, 5.41) is 2.72. The number of rotatable bonds is 8. The predicted octanol–water partition coefficient (Wildman–Crippen LogP) is 7.83. The molecule has 206 valence electrons. The average Bonchev–Trinajstić information content (AvgIpc) is 3.25. The molecule has 0 unspecified atom stereocenters. The minimum atomic E-state index is -0.398. The van der Waals surface area contributed by atoms with Crippen molar-refractivity contribution in [2.24, 2.45) is 0 Å². The van der Waals surface area contributed by atoms with E-state index in [4.69, 9.17) is 21.7 Å². The molecule has 1 saturated heterocycles. The molecule has 0 radical (unpaired) electrons. The number of hydrogen-bond acceptors (Lipinski definition) is 6. The van der Waals surface area contributed by atoms with Gasteiger partial charge in [-0.15, -0.1) is 0 Å². The van der Waals surface area contributed by atoms with Crippen LogP contribution < -0.4 is 19.7 Å².